The number of unbranched alkanes of at least 4 members (excludes halogenated alkanes) is 9. The first-order valence-electron chi connectivity index (χ1n) is 17.6. The minimum absolute atomic E-state index is 0.104. The van der Waals surface area contributed by atoms with Gasteiger partial charge in [-0.1, -0.05) is 127 Å². The Bertz CT molecular complexity index is 782. The third-order valence-electron chi connectivity index (χ3n) is 7.47. The van der Waals surface area contributed by atoms with Gasteiger partial charge in [-0.05, 0) is 63.7 Å². The molecule has 0 aliphatic rings. The second-order valence-electron chi connectivity index (χ2n) is 12.2. The normalized spacial score (nSPS) is 13.6. The monoisotopic (exact) mass is 618 g/mol. The first kappa shape index (κ1) is 41.8. The second-order valence-corrected chi connectivity index (χ2v) is 12.2. The molecule has 44 heavy (non-hydrogen) atoms. The largest absolute Gasteiger partial charge is 0.462 e. The van der Waals surface area contributed by atoms with Crippen molar-refractivity contribution in [2.24, 2.45) is 5.92 Å². The molecule has 0 bridgehead atoms. The van der Waals surface area contributed by atoms with Gasteiger partial charge in [0.25, 0.3) is 0 Å². The molecule has 6 nitrogen and oxygen atoms in total. The Hall–Kier alpha value is -2.18. The average molecular weight is 619 g/mol. The molecule has 254 valence electrons. The van der Waals surface area contributed by atoms with E-state index in [0.717, 1.165) is 70.1 Å². The van der Waals surface area contributed by atoms with Crippen molar-refractivity contribution in [1.29, 1.82) is 0 Å². The molecule has 0 heterocycles. The first-order valence-corrected chi connectivity index (χ1v) is 17.6. The zero-order valence-corrected chi connectivity index (χ0v) is 28.4. The van der Waals surface area contributed by atoms with Crippen LogP contribution >= 0.6 is 0 Å². The summed E-state index contributed by atoms with van der Waals surface area (Å²) in [7, 11) is 0. The Morgan fingerprint density at radius 2 is 1.14 bits per heavy atom. The van der Waals surface area contributed by atoms with Crippen LogP contribution in [0, 0.1) is 5.92 Å². The van der Waals surface area contributed by atoms with E-state index in [4.69, 9.17) is 9.47 Å². The lowest BCUT2D eigenvalue weighted by molar-refractivity contribution is -0.161. The van der Waals surface area contributed by atoms with Gasteiger partial charge in [0.15, 0.2) is 6.10 Å². The van der Waals surface area contributed by atoms with Crippen LogP contribution in [0.2, 0.25) is 0 Å². The SMILES string of the molecule is CC[C@H](O)CC/C=C\C/C=C\C/C=C\C/C=C\CCCC(=O)OC[C@H](CO)OC(=O)CCCCCCCCCCCC(C)C. The molecule has 0 amide bonds. The number of ether oxygens (including phenoxy) is 2. The van der Waals surface area contributed by atoms with E-state index in [-0.39, 0.29) is 31.3 Å². The first-order chi connectivity index (χ1) is 21.4. The summed E-state index contributed by atoms with van der Waals surface area (Å²) >= 11 is 0. The maximum absolute atomic E-state index is 12.1. The lowest BCUT2D eigenvalue weighted by Crippen LogP contribution is -2.28. The lowest BCUT2D eigenvalue weighted by atomic mass is 10.0. The van der Waals surface area contributed by atoms with Gasteiger partial charge in [-0.25, -0.2) is 0 Å². The Kier molecular flexibility index (Phi) is 30.6. The number of aliphatic hydroxyl groups is 2. The third kappa shape index (κ3) is 31.3. The summed E-state index contributed by atoms with van der Waals surface area (Å²) in [5, 5.41) is 19.0. The summed E-state index contributed by atoms with van der Waals surface area (Å²) in [6.07, 6.45) is 35.5. The van der Waals surface area contributed by atoms with Crippen LogP contribution in [0.3, 0.4) is 0 Å². The van der Waals surface area contributed by atoms with Crippen molar-refractivity contribution in [1.82, 2.24) is 0 Å². The predicted molar refractivity (Wildman–Crippen MR) is 183 cm³/mol. The summed E-state index contributed by atoms with van der Waals surface area (Å²) < 4.78 is 10.5. The molecule has 0 aliphatic carbocycles. The highest BCUT2D eigenvalue weighted by atomic mass is 16.6. The van der Waals surface area contributed by atoms with E-state index in [0.29, 0.717) is 19.3 Å². The molecule has 0 aromatic carbocycles. The van der Waals surface area contributed by atoms with E-state index in [9.17, 15) is 19.8 Å². The molecule has 6 heteroatoms. The summed E-state index contributed by atoms with van der Waals surface area (Å²) in [6, 6.07) is 0. The number of aliphatic hydroxyl groups excluding tert-OH is 2. The van der Waals surface area contributed by atoms with Crippen molar-refractivity contribution in [3.05, 3.63) is 48.6 Å². The summed E-state index contributed by atoms with van der Waals surface area (Å²) in [6.45, 7) is 6.10. The Morgan fingerprint density at radius 3 is 1.68 bits per heavy atom. The fraction of sp³-hybridized carbons (Fsp3) is 0.737. The quantitative estimate of drug-likeness (QED) is 0.0473. The van der Waals surface area contributed by atoms with Crippen LogP contribution < -0.4 is 0 Å². The van der Waals surface area contributed by atoms with Crippen molar-refractivity contribution in [3.63, 3.8) is 0 Å². The molecule has 0 saturated heterocycles. The molecular formula is C38H66O6. The Morgan fingerprint density at radius 1 is 0.636 bits per heavy atom. The van der Waals surface area contributed by atoms with Crippen molar-refractivity contribution >= 4 is 11.9 Å². The van der Waals surface area contributed by atoms with Gasteiger partial charge in [0.1, 0.15) is 6.61 Å². The van der Waals surface area contributed by atoms with Crippen molar-refractivity contribution in [2.75, 3.05) is 13.2 Å². The molecule has 0 fully saturated rings. The number of allylic oxidation sites excluding steroid dienone is 8. The van der Waals surface area contributed by atoms with Gasteiger partial charge < -0.3 is 19.7 Å². The summed E-state index contributed by atoms with van der Waals surface area (Å²) in [5.41, 5.74) is 0. The highest BCUT2D eigenvalue weighted by Crippen LogP contribution is 2.14. The van der Waals surface area contributed by atoms with Gasteiger partial charge in [0, 0.05) is 12.8 Å². The van der Waals surface area contributed by atoms with Crippen LogP contribution in [0.5, 0.6) is 0 Å². The number of hydrogen-bond donors (Lipinski definition) is 2. The predicted octanol–water partition coefficient (Wildman–Crippen LogP) is 9.50. The van der Waals surface area contributed by atoms with E-state index in [1.165, 1.54) is 44.9 Å². The highest BCUT2D eigenvalue weighted by Gasteiger charge is 2.16. The molecule has 0 rings (SSSR count). The van der Waals surface area contributed by atoms with Crippen LogP contribution in [0.4, 0.5) is 0 Å². The van der Waals surface area contributed by atoms with E-state index < -0.39 is 6.10 Å². The zero-order valence-electron chi connectivity index (χ0n) is 28.4. The van der Waals surface area contributed by atoms with Gasteiger partial charge in [0.2, 0.25) is 0 Å². The minimum atomic E-state index is -0.800. The number of rotatable bonds is 30. The van der Waals surface area contributed by atoms with E-state index in [1.54, 1.807) is 0 Å². The van der Waals surface area contributed by atoms with Gasteiger partial charge in [-0.2, -0.15) is 0 Å². The van der Waals surface area contributed by atoms with Crippen molar-refractivity contribution in [2.45, 2.75) is 161 Å². The average Bonchev–Trinajstić information content (AvgIpc) is 3.01. The van der Waals surface area contributed by atoms with E-state index in [2.05, 4.69) is 62.5 Å². The smallest absolute Gasteiger partial charge is 0.306 e. The topological polar surface area (TPSA) is 93.1 Å². The number of hydrogen-bond acceptors (Lipinski definition) is 6. The number of esters is 2. The van der Waals surface area contributed by atoms with Crippen LogP contribution in [-0.2, 0) is 19.1 Å². The molecule has 0 aromatic rings. The van der Waals surface area contributed by atoms with E-state index >= 15 is 0 Å². The maximum Gasteiger partial charge on any atom is 0.306 e. The van der Waals surface area contributed by atoms with Crippen LogP contribution in [0.15, 0.2) is 48.6 Å². The van der Waals surface area contributed by atoms with Crippen LogP contribution in [0.25, 0.3) is 0 Å². The Balaban J connectivity index is 3.72. The fourth-order valence-corrected chi connectivity index (χ4v) is 4.59. The molecule has 2 N–H and O–H groups in total. The minimum Gasteiger partial charge on any atom is -0.462 e. The molecule has 0 saturated carbocycles. The van der Waals surface area contributed by atoms with E-state index in [1.807, 2.05) is 6.92 Å². The molecule has 0 aromatic heterocycles. The molecule has 0 spiro atoms. The summed E-state index contributed by atoms with van der Waals surface area (Å²) in [5.74, 6) is 0.128. The van der Waals surface area contributed by atoms with Crippen molar-refractivity contribution < 1.29 is 29.3 Å². The second kappa shape index (κ2) is 32.2. The van der Waals surface area contributed by atoms with Gasteiger partial charge in [-0.3, -0.25) is 9.59 Å². The zero-order chi connectivity index (χ0) is 32.5. The molecular weight excluding hydrogens is 552 g/mol. The molecule has 2 atom stereocenters. The highest BCUT2D eigenvalue weighted by molar-refractivity contribution is 5.70. The maximum atomic E-state index is 12.1. The van der Waals surface area contributed by atoms with Gasteiger partial charge in [0.05, 0.1) is 12.7 Å². The standard InChI is InChI=1S/C38H66O6/c1-4-35(40)29-25-21-17-13-9-7-5-6-8-10-14-18-22-26-30-37(41)43-33-36(32-39)44-38(42)31-27-23-19-15-11-12-16-20-24-28-34(2)3/h6-9,14,17-18,21,34-36,39-40H,4-5,10-13,15-16,19-20,22-33H2,1-3H3/b8-6-,9-7-,18-14-,21-17-/t35-,36-/m0/s1. The lowest BCUT2D eigenvalue weighted by Gasteiger charge is -2.15. The van der Waals surface area contributed by atoms with Crippen LogP contribution in [0.1, 0.15) is 149 Å². The molecule has 0 aliphatic heterocycles. The number of carbonyl (C=O) groups excluding carboxylic acids is 2. The molecule has 0 radical (unpaired) electrons. The number of carbonyl (C=O) groups is 2. The third-order valence-corrected chi connectivity index (χ3v) is 7.47. The summed E-state index contributed by atoms with van der Waals surface area (Å²) in [4.78, 5) is 24.1. The Labute approximate surface area is 270 Å². The van der Waals surface area contributed by atoms with Crippen molar-refractivity contribution in [3.8, 4) is 0 Å². The van der Waals surface area contributed by atoms with Gasteiger partial charge >= 0.3 is 11.9 Å². The van der Waals surface area contributed by atoms with Crippen LogP contribution in [-0.4, -0.2) is 47.6 Å². The molecule has 0 unspecified atom stereocenters. The van der Waals surface area contributed by atoms with Gasteiger partial charge in [-0.15, -0.1) is 0 Å². The fourth-order valence-electron chi connectivity index (χ4n) is 4.59.